The molecule has 8 nitrogen and oxygen atoms in total. The molecule has 0 aromatic carbocycles. The lowest BCUT2D eigenvalue weighted by molar-refractivity contribution is 0.0240. The predicted octanol–water partition coefficient (Wildman–Crippen LogP) is 0.131. The maximum Gasteiger partial charge on any atom is 0.410 e. The first-order valence-electron chi connectivity index (χ1n) is 7.20. The maximum atomic E-state index is 12.0. The molecule has 0 unspecified atom stereocenters. The molecular weight excluding hydrogens is 288 g/mol. The summed E-state index contributed by atoms with van der Waals surface area (Å²) in [6.45, 7) is 7.52. The number of aromatic nitrogens is 2. The van der Waals surface area contributed by atoms with Gasteiger partial charge in [-0.25, -0.2) is 9.59 Å². The summed E-state index contributed by atoms with van der Waals surface area (Å²) in [7, 11) is 1.61. The summed E-state index contributed by atoms with van der Waals surface area (Å²) in [6.07, 6.45) is -0.341. The Morgan fingerprint density at radius 1 is 1.18 bits per heavy atom. The summed E-state index contributed by atoms with van der Waals surface area (Å²) < 4.78 is 6.73. The molecular formula is C14H22N4O4. The minimum Gasteiger partial charge on any atom is -0.444 e. The number of hydrogen-bond donors (Lipinski definition) is 1. The molecule has 0 spiro atoms. The number of aromatic amines is 1. The van der Waals surface area contributed by atoms with Gasteiger partial charge in [-0.15, -0.1) is 0 Å². The van der Waals surface area contributed by atoms with Gasteiger partial charge in [0, 0.05) is 39.3 Å². The van der Waals surface area contributed by atoms with Crippen LogP contribution in [0.25, 0.3) is 0 Å². The number of H-pyrrole nitrogens is 1. The largest absolute Gasteiger partial charge is 0.444 e. The van der Waals surface area contributed by atoms with Gasteiger partial charge in [-0.3, -0.25) is 14.3 Å². The van der Waals surface area contributed by atoms with Crippen LogP contribution in [0.4, 0.5) is 10.6 Å². The first kappa shape index (κ1) is 16.1. The number of nitrogens with zero attached hydrogens (tertiary/aromatic N) is 3. The maximum absolute atomic E-state index is 12.0. The Kier molecular flexibility index (Phi) is 4.30. The molecule has 1 aromatic heterocycles. The van der Waals surface area contributed by atoms with E-state index in [-0.39, 0.29) is 6.09 Å². The molecule has 0 radical (unpaired) electrons. The normalized spacial score (nSPS) is 15.8. The topological polar surface area (TPSA) is 87.6 Å². The second-order valence-corrected chi connectivity index (χ2v) is 6.31. The van der Waals surface area contributed by atoms with Gasteiger partial charge in [-0.1, -0.05) is 0 Å². The monoisotopic (exact) mass is 310 g/mol. The first-order chi connectivity index (χ1) is 10.2. The van der Waals surface area contributed by atoms with Crippen LogP contribution in [0, 0.1) is 0 Å². The summed E-state index contributed by atoms with van der Waals surface area (Å²) in [4.78, 5) is 40.8. The molecule has 1 aromatic rings. The molecule has 2 heterocycles. The van der Waals surface area contributed by atoms with Gasteiger partial charge in [-0.05, 0) is 20.8 Å². The molecule has 1 aliphatic heterocycles. The van der Waals surface area contributed by atoms with E-state index in [4.69, 9.17) is 4.74 Å². The lowest BCUT2D eigenvalue weighted by Crippen LogP contribution is -2.51. The van der Waals surface area contributed by atoms with Gasteiger partial charge < -0.3 is 14.5 Å². The van der Waals surface area contributed by atoms with Crippen molar-refractivity contribution >= 4 is 11.9 Å². The number of carbonyl (C=O) groups is 1. The zero-order valence-electron chi connectivity index (χ0n) is 13.4. The average Bonchev–Trinajstić information content (AvgIpc) is 2.41. The van der Waals surface area contributed by atoms with Crippen LogP contribution < -0.4 is 16.1 Å². The molecule has 1 saturated heterocycles. The summed E-state index contributed by atoms with van der Waals surface area (Å²) >= 11 is 0. The Bertz CT molecular complexity index is 663. The quantitative estimate of drug-likeness (QED) is 0.796. The number of amides is 1. The average molecular weight is 310 g/mol. The van der Waals surface area contributed by atoms with Gasteiger partial charge in [0.2, 0.25) is 0 Å². The van der Waals surface area contributed by atoms with Crippen molar-refractivity contribution in [3.05, 3.63) is 26.9 Å². The van der Waals surface area contributed by atoms with E-state index in [0.717, 1.165) is 0 Å². The lowest BCUT2D eigenvalue weighted by atomic mass is 10.2. The zero-order valence-corrected chi connectivity index (χ0v) is 13.4. The van der Waals surface area contributed by atoms with Crippen molar-refractivity contribution in [2.75, 3.05) is 31.1 Å². The molecule has 0 saturated carbocycles. The number of hydrogen-bond acceptors (Lipinski definition) is 5. The van der Waals surface area contributed by atoms with E-state index in [9.17, 15) is 14.4 Å². The van der Waals surface area contributed by atoms with Crippen molar-refractivity contribution in [3.8, 4) is 0 Å². The Labute approximate surface area is 128 Å². The van der Waals surface area contributed by atoms with E-state index in [0.29, 0.717) is 32.0 Å². The van der Waals surface area contributed by atoms with Gasteiger partial charge >= 0.3 is 11.8 Å². The molecule has 2 rings (SSSR count). The van der Waals surface area contributed by atoms with Crippen LogP contribution in [0.5, 0.6) is 0 Å². The highest BCUT2D eigenvalue weighted by Gasteiger charge is 2.26. The van der Waals surface area contributed by atoms with E-state index < -0.39 is 16.9 Å². The van der Waals surface area contributed by atoms with Crippen LogP contribution in [0.15, 0.2) is 15.7 Å². The molecule has 1 fully saturated rings. The van der Waals surface area contributed by atoms with E-state index in [1.807, 2.05) is 25.7 Å². The standard InChI is InChI=1S/C14H22N4O4/c1-14(2,3)22-13(21)18-7-5-17(6-8-18)11-9-10(19)15-12(20)16(11)4/h9H,5-8H2,1-4H3,(H,15,19,20). The molecule has 1 N–H and O–H groups in total. The van der Waals surface area contributed by atoms with Crippen molar-refractivity contribution in [1.29, 1.82) is 0 Å². The third-order valence-corrected chi connectivity index (χ3v) is 3.39. The third kappa shape index (κ3) is 3.69. The summed E-state index contributed by atoms with van der Waals surface area (Å²) in [5.41, 5.74) is -1.39. The molecule has 22 heavy (non-hydrogen) atoms. The molecule has 8 heteroatoms. The van der Waals surface area contributed by atoms with Crippen molar-refractivity contribution in [2.24, 2.45) is 7.05 Å². The van der Waals surface area contributed by atoms with Crippen LogP contribution in [-0.2, 0) is 11.8 Å². The number of ether oxygens (including phenoxy) is 1. The Morgan fingerprint density at radius 3 is 2.32 bits per heavy atom. The van der Waals surface area contributed by atoms with Crippen LogP contribution in [0.1, 0.15) is 20.8 Å². The van der Waals surface area contributed by atoms with Crippen LogP contribution >= 0.6 is 0 Å². The van der Waals surface area contributed by atoms with Gasteiger partial charge in [0.1, 0.15) is 11.4 Å². The predicted molar refractivity (Wildman–Crippen MR) is 82.3 cm³/mol. The van der Waals surface area contributed by atoms with Crippen molar-refractivity contribution < 1.29 is 9.53 Å². The van der Waals surface area contributed by atoms with Crippen LogP contribution in [-0.4, -0.2) is 52.3 Å². The third-order valence-electron chi connectivity index (χ3n) is 3.39. The molecule has 122 valence electrons. The Balaban J connectivity index is 2.05. The zero-order chi connectivity index (χ0) is 16.5. The van der Waals surface area contributed by atoms with Gasteiger partial charge in [0.05, 0.1) is 0 Å². The number of nitrogens with one attached hydrogen (secondary N) is 1. The lowest BCUT2D eigenvalue weighted by Gasteiger charge is -2.36. The van der Waals surface area contributed by atoms with Crippen LogP contribution in [0.2, 0.25) is 0 Å². The minimum absolute atomic E-state index is 0.341. The van der Waals surface area contributed by atoms with Gasteiger partial charge in [-0.2, -0.15) is 0 Å². The van der Waals surface area contributed by atoms with E-state index >= 15 is 0 Å². The fraction of sp³-hybridized carbons (Fsp3) is 0.643. The van der Waals surface area contributed by atoms with Gasteiger partial charge in [0.25, 0.3) is 5.56 Å². The van der Waals surface area contributed by atoms with Gasteiger partial charge in [0.15, 0.2) is 0 Å². The van der Waals surface area contributed by atoms with Crippen molar-refractivity contribution in [1.82, 2.24) is 14.5 Å². The van der Waals surface area contributed by atoms with Crippen LogP contribution in [0.3, 0.4) is 0 Å². The number of carbonyl (C=O) groups excluding carboxylic acids is 1. The minimum atomic E-state index is -0.523. The number of rotatable bonds is 1. The molecule has 0 atom stereocenters. The Morgan fingerprint density at radius 2 is 1.77 bits per heavy atom. The highest BCUT2D eigenvalue weighted by molar-refractivity contribution is 5.68. The van der Waals surface area contributed by atoms with E-state index in [1.165, 1.54) is 10.6 Å². The molecule has 0 aliphatic carbocycles. The first-order valence-corrected chi connectivity index (χ1v) is 7.20. The SMILES string of the molecule is Cn1c(N2CCN(C(=O)OC(C)(C)C)CC2)cc(=O)[nH]c1=O. The second-order valence-electron chi connectivity index (χ2n) is 6.31. The highest BCUT2D eigenvalue weighted by atomic mass is 16.6. The van der Waals surface area contributed by atoms with Crippen molar-refractivity contribution in [2.45, 2.75) is 26.4 Å². The molecule has 0 bridgehead atoms. The molecule has 1 amide bonds. The summed E-state index contributed by atoms with van der Waals surface area (Å²) in [5, 5.41) is 0. The number of anilines is 1. The van der Waals surface area contributed by atoms with E-state index in [2.05, 4.69) is 4.98 Å². The fourth-order valence-corrected chi connectivity index (χ4v) is 2.29. The summed E-state index contributed by atoms with van der Waals surface area (Å²) in [5.74, 6) is 0.553. The molecule has 1 aliphatic rings. The Hall–Kier alpha value is -2.25. The highest BCUT2D eigenvalue weighted by Crippen LogP contribution is 2.15. The van der Waals surface area contributed by atoms with E-state index in [1.54, 1.807) is 11.9 Å². The summed E-state index contributed by atoms with van der Waals surface area (Å²) in [6, 6.07) is 1.39. The fourth-order valence-electron chi connectivity index (χ4n) is 2.29. The smallest absolute Gasteiger partial charge is 0.410 e. The second kappa shape index (κ2) is 5.86. The van der Waals surface area contributed by atoms with Crippen molar-refractivity contribution in [3.63, 3.8) is 0 Å². The number of piperazine rings is 1.